The molecule has 2 aliphatic rings. The van der Waals surface area contributed by atoms with Gasteiger partial charge in [-0.15, -0.1) is 0 Å². The summed E-state index contributed by atoms with van der Waals surface area (Å²) in [5, 5.41) is 3.66. The normalized spacial score (nSPS) is 21.0. The third-order valence-corrected chi connectivity index (χ3v) is 5.14. The van der Waals surface area contributed by atoms with Gasteiger partial charge in [-0.25, -0.2) is 0 Å². The van der Waals surface area contributed by atoms with E-state index in [9.17, 15) is 0 Å². The Morgan fingerprint density at radius 2 is 1.59 bits per heavy atom. The van der Waals surface area contributed by atoms with Crippen LogP contribution < -0.4 is 10.2 Å². The Labute approximate surface area is 133 Å². The molecule has 1 aliphatic heterocycles. The molecule has 1 atom stereocenters. The predicted octanol–water partition coefficient (Wildman–Crippen LogP) is 3.41. The molecular weight excluding hydrogens is 268 g/mol. The van der Waals surface area contributed by atoms with Crippen molar-refractivity contribution in [3.05, 3.63) is 65.7 Å². The maximum absolute atomic E-state index is 3.66. The van der Waals surface area contributed by atoms with Gasteiger partial charge in [-0.2, -0.15) is 0 Å². The topological polar surface area (TPSA) is 15.3 Å². The number of nitrogens with one attached hydrogen (secondary N) is 1. The zero-order valence-electron chi connectivity index (χ0n) is 13.0. The van der Waals surface area contributed by atoms with E-state index < -0.39 is 0 Å². The first kappa shape index (κ1) is 13.8. The molecule has 1 saturated heterocycles. The average molecular weight is 292 g/mol. The molecule has 2 aromatic carbocycles. The van der Waals surface area contributed by atoms with Crippen LogP contribution >= 0.6 is 0 Å². The van der Waals surface area contributed by atoms with Gasteiger partial charge < -0.3 is 10.2 Å². The Morgan fingerprint density at radius 3 is 2.23 bits per heavy atom. The molecule has 2 aromatic rings. The van der Waals surface area contributed by atoms with Crippen LogP contribution in [0.15, 0.2) is 54.6 Å². The Hall–Kier alpha value is -1.80. The summed E-state index contributed by atoms with van der Waals surface area (Å²) >= 11 is 0. The second-order valence-electron chi connectivity index (χ2n) is 6.61. The van der Waals surface area contributed by atoms with E-state index in [2.05, 4.69) is 64.8 Å². The van der Waals surface area contributed by atoms with Crippen LogP contribution in [0, 0.1) is 0 Å². The molecule has 0 aromatic heterocycles. The third-order valence-electron chi connectivity index (χ3n) is 5.14. The predicted molar refractivity (Wildman–Crippen MR) is 92.5 cm³/mol. The lowest BCUT2D eigenvalue weighted by molar-refractivity contribution is 0.530. The highest BCUT2D eigenvalue weighted by Gasteiger charge is 2.29. The van der Waals surface area contributed by atoms with Crippen molar-refractivity contribution in [2.45, 2.75) is 37.8 Å². The maximum Gasteiger partial charge on any atom is 0.0371 e. The average Bonchev–Trinajstić information content (AvgIpc) is 3.22. The monoisotopic (exact) mass is 292 g/mol. The standard InChI is InChI=1S/C20H24N2/c1-2-10-19(11-3-1)22(15-18-9-6-12-21-18)20-13-16-7-4-5-8-17(16)14-20/h1-5,7-8,10-11,18,20-21H,6,9,12-15H2. The lowest BCUT2D eigenvalue weighted by atomic mass is 10.1. The number of hydrogen-bond acceptors (Lipinski definition) is 2. The van der Waals surface area contributed by atoms with E-state index in [4.69, 9.17) is 0 Å². The highest BCUT2D eigenvalue weighted by molar-refractivity contribution is 5.50. The van der Waals surface area contributed by atoms with Gasteiger partial charge in [0.1, 0.15) is 0 Å². The fourth-order valence-corrected chi connectivity index (χ4v) is 3.99. The number of anilines is 1. The van der Waals surface area contributed by atoms with Crippen LogP contribution in [-0.4, -0.2) is 25.2 Å². The van der Waals surface area contributed by atoms with Crippen LogP contribution in [0.3, 0.4) is 0 Å². The van der Waals surface area contributed by atoms with Gasteiger partial charge in [-0.3, -0.25) is 0 Å². The zero-order valence-corrected chi connectivity index (χ0v) is 13.0. The quantitative estimate of drug-likeness (QED) is 0.929. The Balaban J connectivity index is 1.58. The molecule has 0 amide bonds. The highest BCUT2D eigenvalue weighted by Crippen LogP contribution is 2.29. The van der Waals surface area contributed by atoms with Crippen molar-refractivity contribution >= 4 is 5.69 Å². The number of nitrogens with zero attached hydrogens (tertiary/aromatic N) is 1. The van der Waals surface area contributed by atoms with Gasteiger partial charge in [-0.1, -0.05) is 42.5 Å². The van der Waals surface area contributed by atoms with Gasteiger partial charge in [0.25, 0.3) is 0 Å². The molecule has 1 unspecified atom stereocenters. The van der Waals surface area contributed by atoms with Crippen molar-refractivity contribution in [3.63, 3.8) is 0 Å². The zero-order chi connectivity index (χ0) is 14.8. The van der Waals surface area contributed by atoms with E-state index in [-0.39, 0.29) is 0 Å². The van der Waals surface area contributed by atoms with Crippen molar-refractivity contribution in [2.24, 2.45) is 0 Å². The number of hydrogen-bond donors (Lipinski definition) is 1. The smallest absolute Gasteiger partial charge is 0.0371 e. The summed E-state index contributed by atoms with van der Waals surface area (Å²) in [4.78, 5) is 2.64. The number of benzene rings is 2. The van der Waals surface area contributed by atoms with E-state index in [0.717, 1.165) is 6.54 Å². The molecule has 0 saturated carbocycles. The van der Waals surface area contributed by atoms with Gasteiger partial charge in [0.05, 0.1) is 0 Å². The molecule has 1 heterocycles. The number of fused-ring (bicyclic) bond motifs is 1. The van der Waals surface area contributed by atoms with Crippen LogP contribution in [0.2, 0.25) is 0 Å². The van der Waals surface area contributed by atoms with Crippen molar-refractivity contribution in [1.29, 1.82) is 0 Å². The van der Waals surface area contributed by atoms with E-state index in [1.165, 1.54) is 49.0 Å². The molecule has 2 heteroatoms. The van der Waals surface area contributed by atoms with Gasteiger partial charge in [0.15, 0.2) is 0 Å². The van der Waals surface area contributed by atoms with Crippen LogP contribution in [0.5, 0.6) is 0 Å². The summed E-state index contributed by atoms with van der Waals surface area (Å²) < 4.78 is 0. The fourth-order valence-electron chi connectivity index (χ4n) is 3.99. The fraction of sp³-hybridized carbons (Fsp3) is 0.400. The molecule has 0 spiro atoms. The van der Waals surface area contributed by atoms with E-state index >= 15 is 0 Å². The highest BCUT2D eigenvalue weighted by atomic mass is 15.2. The SMILES string of the molecule is c1ccc(N(CC2CCCN2)C2Cc3ccccc3C2)cc1. The van der Waals surface area contributed by atoms with Crippen LogP contribution in [0.1, 0.15) is 24.0 Å². The first-order chi connectivity index (χ1) is 10.9. The summed E-state index contributed by atoms with van der Waals surface area (Å²) in [7, 11) is 0. The molecule has 0 radical (unpaired) electrons. The van der Waals surface area contributed by atoms with Crippen molar-refractivity contribution in [3.8, 4) is 0 Å². The van der Waals surface area contributed by atoms with Crippen molar-refractivity contribution in [1.82, 2.24) is 5.32 Å². The lowest BCUT2D eigenvalue weighted by Crippen LogP contribution is -2.44. The van der Waals surface area contributed by atoms with Crippen molar-refractivity contribution in [2.75, 3.05) is 18.0 Å². The van der Waals surface area contributed by atoms with Crippen LogP contribution in [-0.2, 0) is 12.8 Å². The summed E-state index contributed by atoms with van der Waals surface area (Å²) in [5.41, 5.74) is 4.44. The van der Waals surface area contributed by atoms with Gasteiger partial charge >= 0.3 is 0 Å². The molecule has 1 aliphatic carbocycles. The first-order valence-corrected chi connectivity index (χ1v) is 8.52. The van der Waals surface area contributed by atoms with Gasteiger partial charge in [-0.05, 0) is 55.5 Å². The number of para-hydroxylation sites is 1. The van der Waals surface area contributed by atoms with Gasteiger partial charge in [0.2, 0.25) is 0 Å². The first-order valence-electron chi connectivity index (χ1n) is 8.52. The molecular formula is C20H24N2. The molecule has 22 heavy (non-hydrogen) atoms. The van der Waals surface area contributed by atoms with E-state index in [0.29, 0.717) is 12.1 Å². The van der Waals surface area contributed by atoms with Crippen LogP contribution in [0.25, 0.3) is 0 Å². The van der Waals surface area contributed by atoms with E-state index in [1.807, 2.05) is 0 Å². The minimum atomic E-state index is 0.599. The lowest BCUT2D eigenvalue weighted by Gasteiger charge is -2.33. The largest absolute Gasteiger partial charge is 0.366 e. The maximum atomic E-state index is 3.66. The molecule has 1 N–H and O–H groups in total. The molecule has 0 bridgehead atoms. The van der Waals surface area contributed by atoms with Crippen LogP contribution in [0.4, 0.5) is 5.69 Å². The van der Waals surface area contributed by atoms with E-state index in [1.54, 1.807) is 0 Å². The summed E-state index contributed by atoms with van der Waals surface area (Å²) in [6.07, 6.45) is 4.98. The Bertz CT molecular complexity index is 592. The Morgan fingerprint density at radius 1 is 0.909 bits per heavy atom. The summed E-state index contributed by atoms with van der Waals surface area (Å²) in [6, 6.07) is 21.1. The Kier molecular flexibility index (Phi) is 3.86. The minimum Gasteiger partial charge on any atom is -0.366 e. The summed E-state index contributed by atoms with van der Waals surface area (Å²) in [6.45, 7) is 2.31. The van der Waals surface area contributed by atoms with Crippen molar-refractivity contribution < 1.29 is 0 Å². The summed E-state index contributed by atoms with van der Waals surface area (Å²) in [5.74, 6) is 0. The molecule has 114 valence electrons. The minimum absolute atomic E-state index is 0.599. The van der Waals surface area contributed by atoms with Gasteiger partial charge in [0, 0.05) is 24.3 Å². The molecule has 2 nitrogen and oxygen atoms in total. The second-order valence-corrected chi connectivity index (χ2v) is 6.61. The molecule has 4 rings (SSSR count). The second kappa shape index (κ2) is 6.13. The molecule has 1 fully saturated rings. The third kappa shape index (κ3) is 2.76. The number of rotatable bonds is 4.